The number of nitrogens with zero attached hydrogens (tertiary/aromatic N) is 5. The molecule has 6 nitrogen and oxygen atoms in total. The average molecular weight is 293 g/mol. The lowest BCUT2D eigenvalue weighted by atomic mass is 10.4. The van der Waals surface area contributed by atoms with Gasteiger partial charge in [0.25, 0.3) is 0 Å². The lowest BCUT2D eigenvalue weighted by molar-refractivity contribution is -0.428. The Kier molecular flexibility index (Phi) is 2.90. The van der Waals surface area contributed by atoms with Crippen LogP contribution in [0.1, 0.15) is 0 Å². The third kappa shape index (κ3) is 2.01. The largest absolute Gasteiger partial charge is 0.310 e. The molecule has 0 N–H and O–H groups in total. The number of aromatic nitrogens is 4. The van der Waals surface area contributed by atoms with Gasteiger partial charge in [-0.2, -0.15) is 0 Å². The molecule has 0 amide bonds. The van der Waals surface area contributed by atoms with E-state index in [9.17, 15) is 9.30 Å². The molecule has 0 aliphatic carbocycles. The molecule has 0 saturated heterocycles. The summed E-state index contributed by atoms with van der Waals surface area (Å²) in [7, 11) is 1.30. The molecule has 0 saturated carbocycles. The molecule has 0 fully saturated rings. The Bertz CT molecular complexity index is 832. The van der Waals surface area contributed by atoms with Crippen molar-refractivity contribution in [1.82, 2.24) is 19.4 Å². The van der Waals surface area contributed by atoms with Gasteiger partial charge in [0.15, 0.2) is 12.9 Å². The Morgan fingerprint density at radius 2 is 2.10 bits per heavy atom. The SMILES string of the molecule is C[N+](=O)c1cnc(-c2cnc3ccc(F)cn23)nc1Cl. The number of rotatable bonds is 2. The highest BCUT2D eigenvalue weighted by atomic mass is 35.5. The van der Waals surface area contributed by atoms with Gasteiger partial charge in [-0.25, -0.2) is 19.3 Å². The fourth-order valence-corrected chi connectivity index (χ4v) is 2.06. The van der Waals surface area contributed by atoms with Crippen molar-refractivity contribution in [2.45, 2.75) is 0 Å². The van der Waals surface area contributed by atoms with E-state index in [0.717, 1.165) is 0 Å². The fourth-order valence-electron chi connectivity index (χ4n) is 1.81. The summed E-state index contributed by atoms with van der Waals surface area (Å²) in [6.45, 7) is 0. The zero-order valence-electron chi connectivity index (χ0n) is 10.3. The molecule has 3 heterocycles. The molecule has 0 spiro atoms. The molecule has 0 bridgehead atoms. The summed E-state index contributed by atoms with van der Waals surface area (Å²) in [5.74, 6) is -0.141. The summed E-state index contributed by atoms with van der Waals surface area (Å²) in [4.78, 5) is 23.4. The molecule has 0 aromatic carbocycles. The molecule has 0 aliphatic heterocycles. The van der Waals surface area contributed by atoms with Crippen molar-refractivity contribution in [3.05, 3.63) is 46.6 Å². The summed E-state index contributed by atoms with van der Waals surface area (Å²) in [6, 6.07) is 2.86. The van der Waals surface area contributed by atoms with E-state index >= 15 is 0 Å². The Hall–Kier alpha value is -2.41. The number of hydrogen-bond donors (Lipinski definition) is 0. The van der Waals surface area contributed by atoms with Gasteiger partial charge in [0.2, 0.25) is 5.15 Å². The fraction of sp³-hybridized carbons (Fsp3) is 0.0833. The Morgan fingerprint density at radius 3 is 2.80 bits per heavy atom. The van der Waals surface area contributed by atoms with E-state index in [1.165, 1.54) is 36.1 Å². The molecule has 0 atom stereocenters. The highest BCUT2D eigenvalue weighted by Crippen LogP contribution is 2.24. The van der Waals surface area contributed by atoms with E-state index in [2.05, 4.69) is 15.0 Å². The first-order valence-corrected chi connectivity index (χ1v) is 6.00. The minimum absolute atomic E-state index is 0.0267. The summed E-state index contributed by atoms with van der Waals surface area (Å²) < 4.78 is 15.4. The first-order chi connectivity index (χ1) is 9.56. The predicted molar refractivity (Wildman–Crippen MR) is 70.4 cm³/mol. The van der Waals surface area contributed by atoms with Crippen molar-refractivity contribution in [1.29, 1.82) is 0 Å². The van der Waals surface area contributed by atoms with Crippen LogP contribution in [-0.4, -0.2) is 31.2 Å². The van der Waals surface area contributed by atoms with E-state index in [0.29, 0.717) is 16.1 Å². The van der Waals surface area contributed by atoms with Crippen LogP contribution in [0.15, 0.2) is 30.7 Å². The highest BCUT2D eigenvalue weighted by molar-refractivity contribution is 6.31. The van der Waals surface area contributed by atoms with Crippen LogP contribution >= 0.6 is 11.6 Å². The smallest absolute Gasteiger partial charge is 0.294 e. The Morgan fingerprint density at radius 1 is 1.30 bits per heavy atom. The van der Waals surface area contributed by atoms with Crippen molar-refractivity contribution in [2.75, 3.05) is 7.05 Å². The standard InChI is InChI=1S/C12H8ClFN5O/c1-18(20)8-4-16-12(17-11(8)13)9-5-15-10-3-2-7(14)6-19(9)10/h2-6H,1H3/q+1. The minimum Gasteiger partial charge on any atom is -0.294 e. The third-order valence-electron chi connectivity index (χ3n) is 2.76. The second-order valence-corrected chi connectivity index (χ2v) is 4.44. The van der Waals surface area contributed by atoms with Crippen molar-refractivity contribution in [3.8, 4) is 11.5 Å². The molecule has 100 valence electrons. The Labute approximate surface area is 117 Å². The van der Waals surface area contributed by atoms with Gasteiger partial charge in [0, 0.05) is 15.9 Å². The summed E-state index contributed by atoms with van der Waals surface area (Å²) in [5, 5.41) is 0.0267. The highest BCUT2D eigenvalue weighted by Gasteiger charge is 2.18. The van der Waals surface area contributed by atoms with Crippen molar-refractivity contribution < 1.29 is 9.15 Å². The number of nitroso groups, excluding NO2 is 1. The first kappa shape index (κ1) is 12.6. The van der Waals surface area contributed by atoms with Gasteiger partial charge < -0.3 is 0 Å². The number of pyridine rings is 1. The van der Waals surface area contributed by atoms with E-state index in [1.807, 2.05) is 0 Å². The number of halogens is 2. The Balaban J connectivity index is 2.18. The average Bonchev–Trinajstić information content (AvgIpc) is 2.81. The van der Waals surface area contributed by atoms with E-state index in [1.54, 1.807) is 6.07 Å². The van der Waals surface area contributed by atoms with Crippen molar-refractivity contribution >= 4 is 22.9 Å². The summed E-state index contributed by atoms with van der Waals surface area (Å²) in [6.07, 6.45) is 4.11. The lowest BCUT2D eigenvalue weighted by Crippen LogP contribution is -1.99. The summed E-state index contributed by atoms with van der Waals surface area (Å²) >= 11 is 5.93. The molecule has 0 radical (unpaired) electrons. The molecule has 3 aromatic heterocycles. The molecule has 0 aliphatic rings. The van der Waals surface area contributed by atoms with Gasteiger partial charge in [-0.1, -0.05) is 11.6 Å². The van der Waals surface area contributed by atoms with Gasteiger partial charge in [0.1, 0.15) is 23.4 Å². The van der Waals surface area contributed by atoms with Crippen LogP contribution in [0.2, 0.25) is 5.15 Å². The number of fused-ring (bicyclic) bond motifs is 1. The first-order valence-electron chi connectivity index (χ1n) is 5.62. The normalized spacial score (nSPS) is 10.9. The van der Waals surface area contributed by atoms with E-state index in [-0.39, 0.29) is 16.7 Å². The topological polar surface area (TPSA) is 63.2 Å². The molecule has 3 aromatic rings. The molecular formula is C12H8ClFN5O+. The maximum absolute atomic E-state index is 13.3. The quantitative estimate of drug-likeness (QED) is 0.538. The maximum atomic E-state index is 13.3. The van der Waals surface area contributed by atoms with Crippen LogP contribution in [-0.2, 0) is 0 Å². The van der Waals surface area contributed by atoms with Gasteiger partial charge >= 0.3 is 5.69 Å². The maximum Gasteiger partial charge on any atom is 0.310 e. The van der Waals surface area contributed by atoms with Crippen LogP contribution in [0, 0.1) is 10.7 Å². The van der Waals surface area contributed by atoms with E-state index < -0.39 is 5.82 Å². The van der Waals surface area contributed by atoms with Crippen molar-refractivity contribution in [2.24, 2.45) is 0 Å². The van der Waals surface area contributed by atoms with Gasteiger partial charge in [0.05, 0.1) is 6.20 Å². The van der Waals surface area contributed by atoms with E-state index in [4.69, 9.17) is 11.6 Å². The van der Waals surface area contributed by atoms with Crippen LogP contribution in [0.3, 0.4) is 0 Å². The monoisotopic (exact) mass is 292 g/mol. The zero-order valence-corrected chi connectivity index (χ0v) is 11.0. The minimum atomic E-state index is -0.404. The lowest BCUT2D eigenvalue weighted by Gasteiger charge is -2.01. The zero-order chi connectivity index (χ0) is 14.3. The molecule has 20 heavy (non-hydrogen) atoms. The van der Waals surface area contributed by atoms with Crippen LogP contribution in [0.25, 0.3) is 17.2 Å². The van der Waals surface area contributed by atoms with Gasteiger partial charge in [-0.15, -0.1) is 0 Å². The molecule has 8 heteroatoms. The second kappa shape index (κ2) is 4.61. The summed E-state index contributed by atoms with van der Waals surface area (Å²) in [5.41, 5.74) is 1.21. The second-order valence-electron chi connectivity index (χ2n) is 4.09. The number of hydrogen-bond acceptors (Lipinski definition) is 4. The van der Waals surface area contributed by atoms with Crippen molar-refractivity contribution in [3.63, 3.8) is 0 Å². The van der Waals surface area contributed by atoms with Crippen LogP contribution in [0.4, 0.5) is 10.1 Å². The van der Waals surface area contributed by atoms with Crippen LogP contribution < -0.4 is 0 Å². The van der Waals surface area contributed by atoms with Crippen LogP contribution in [0.5, 0.6) is 0 Å². The molecular weight excluding hydrogens is 285 g/mol. The number of imidazole rings is 1. The molecule has 0 unspecified atom stereocenters. The molecule has 3 rings (SSSR count). The predicted octanol–water partition coefficient (Wildman–Crippen LogP) is 2.62. The van der Waals surface area contributed by atoms with Gasteiger partial charge in [-0.05, 0) is 12.1 Å². The third-order valence-corrected chi connectivity index (χ3v) is 3.04. The van der Waals surface area contributed by atoms with Gasteiger partial charge in [-0.3, -0.25) is 4.40 Å².